The van der Waals surface area contributed by atoms with E-state index in [1.807, 2.05) is 13.1 Å². The van der Waals surface area contributed by atoms with Gasteiger partial charge in [0.05, 0.1) is 12.3 Å². The molecule has 0 bridgehead atoms. The van der Waals surface area contributed by atoms with E-state index in [1.54, 1.807) is 7.11 Å². The number of hydrogen-bond acceptors (Lipinski definition) is 6. The molecule has 6 heteroatoms. The van der Waals surface area contributed by atoms with Crippen LogP contribution in [0.15, 0.2) is 6.07 Å². The maximum absolute atomic E-state index is 5.14. The van der Waals surface area contributed by atoms with Crippen molar-refractivity contribution in [2.24, 2.45) is 0 Å². The lowest BCUT2D eigenvalue weighted by atomic mass is 10.3. The van der Waals surface area contributed by atoms with E-state index >= 15 is 0 Å². The van der Waals surface area contributed by atoms with Crippen LogP contribution in [-0.4, -0.2) is 62.3 Å². The predicted molar refractivity (Wildman–Crippen MR) is 72.0 cm³/mol. The Labute approximate surface area is 108 Å². The SMILES string of the molecule is CNc1cc(COC)nc(N2CCN(C)CC2)n1. The molecule has 100 valence electrons. The Kier molecular flexibility index (Phi) is 4.33. The lowest BCUT2D eigenvalue weighted by Gasteiger charge is -2.32. The van der Waals surface area contributed by atoms with Crippen LogP contribution in [0.2, 0.25) is 0 Å². The van der Waals surface area contributed by atoms with E-state index in [1.165, 1.54) is 0 Å². The van der Waals surface area contributed by atoms with Gasteiger partial charge in [0.1, 0.15) is 5.82 Å². The number of nitrogens with one attached hydrogen (secondary N) is 1. The van der Waals surface area contributed by atoms with Crippen molar-refractivity contribution in [1.82, 2.24) is 14.9 Å². The summed E-state index contributed by atoms with van der Waals surface area (Å²) in [7, 11) is 5.68. The van der Waals surface area contributed by atoms with Gasteiger partial charge in [-0.15, -0.1) is 0 Å². The molecule has 0 aromatic carbocycles. The zero-order chi connectivity index (χ0) is 13.0. The van der Waals surface area contributed by atoms with Crippen LogP contribution in [0.1, 0.15) is 5.69 Å². The Hall–Kier alpha value is -1.40. The number of rotatable bonds is 4. The molecule has 1 aliphatic rings. The van der Waals surface area contributed by atoms with Gasteiger partial charge in [-0.25, -0.2) is 4.98 Å². The van der Waals surface area contributed by atoms with Crippen LogP contribution < -0.4 is 10.2 Å². The maximum Gasteiger partial charge on any atom is 0.227 e. The van der Waals surface area contributed by atoms with Crippen LogP contribution in [0.4, 0.5) is 11.8 Å². The number of aromatic nitrogens is 2. The summed E-state index contributed by atoms with van der Waals surface area (Å²) in [5.41, 5.74) is 0.908. The molecule has 0 atom stereocenters. The van der Waals surface area contributed by atoms with Crippen molar-refractivity contribution in [3.63, 3.8) is 0 Å². The van der Waals surface area contributed by atoms with E-state index in [9.17, 15) is 0 Å². The number of likely N-dealkylation sites (N-methyl/N-ethyl adjacent to an activating group) is 1. The van der Waals surface area contributed by atoms with Gasteiger partial charge in [-0.05, 0) is 7.05 Å². The van der Waals surface area contributed by atoms with E-state index < -0.39 is 0 Å². The lowest BCUT2D eigenvalue weighted by molar-refractivity contribution is 0.181. The molecule has 2 rings (SSSR count). The minimum Gasteiger partial charge on any atom is -0.378 e. The summed E-state index contributed by atoms with van der Waals surface area (Å²) in [5, 5.41) is 3.07. The summed E-state index contributed by atoms with van der Waals surface area (Å²) < 4.78 is 5.14. The fraction of sp³-hybridized carbons (Fsp3) is 0.667. The van der Waals surface area contributed by atoms with Crippen molar-refractivity contribution in [2.75, 3.05) is 57.6 Å². The van der Waals surface area contributed by atoms with Gasteiger partial charge < -0.3 is 19.9 Å². The zero-order valence-corrected chi connectivity index (χ0v) is 11.3. The van der Waals surface area contributed by atoms with Crippen molar-refractivity contribution in [1.29, 1.82) is 0 Å². The quantitative estimate of drug-likeness (QED) is 0.837. The summed E-state index contributed by atoms with van der Waals surface area (Å²) in [5.74, 6) is 1.63. The average molecular weight is 251 g/mol. The third kappa shape index (κ3) is 3.08. The van der Waals surface area contributed by atoms with E-state index in [0.717, 1.165) is 43.6 Å². The fourth-order valence-corrected chi connectivity index (χ4v) is 1.98. The molecule has 1 fully saturated rings. The molecule has 1 aromatic rings. The third-order valence-electron chi connectivity index (χ3n) is 3.10. The first-order chi connectivity index (χ1) is 8.72. The average Bonchev–Trinajstić information content (AvgIpc) is 2.39. The van der Waals surface area contributed by atoms with Crippen LogP contribution in [0.5, 0.6) is 0 Å². The van der Waals surface area contributed by atoms with Gasteiger partial charge in [0.15, 0.2) is 0 Å². The number of piperazine rings is 1. The van der Waals surface area contributed by atoms with Crippen LogP contribution in [0.3, 0.4) is 0 Å². The Morgan fingerprint density at radius 1 is 1.28 bits per heavy atom. The monoisotopic (exact) mass is 251 g/mol. The van der Waals surface area contributed by atoms with Gasteiger partial charge in [-0.1, -0.05) is 0 Å². The van der Waals surface area contributed by atoms with E-state index in [-0.39, 0.29) is 0 Å². The molecule has 1 N–H and O–H groups in total. The number of nitrogens with zero attached hydrogens (tertiary/aromatic N) is 4. The van der Waals surface area contributed by atoms with E-state index in [2.05, 4.69) is 32.1 Å². The molecule has 0 saturated carbocycles. The predicted octanol–water partition coefficient (Wildman–Crippen LogP) is 0.416. The topological polar surface area (TPSA) is 53.5 Å². The number of ether oxygens (including phenoxy) is 1. The molecular formula is C12H21N5O. The zero-order valence-electron chi connectivity index (χ0n) is 11.3. The molecule has 1 saturated heterocycles. The van der Waals surface area contributed by atoms with Crippen LogP contribution in [0, 0.1) is 0 Å². The summed E-state index contributed by atoms with van der Waals surface area (Å²) in [4.78, 5) is 13.6. The maximum atomic E-state index is 5.14. The van der Waals surface area contributed by atoms with Gasteiger partial charge in [0.25, 0.3) is 0 Å². The molecule has 18 heavy (non-hydrogen) atoms. The normalized spacial score (nSPS) is 16.9. The molecule has 0 spiro atoms. The first-order valence-corrected chi connectivity index (χ1v) is 6.21. The van der Waals surface area contributed by atoms with Crippen molar-refractivity contribution in [3.05, 3.63) is 11.8 Å². The highest BCUT2D eigenvalue weighted by molar-refractivity contribution is 5.43. The number of anilines is 2. The lowest BCUT2D eigenvalue weighted by Crippen LogP contribution is -2.45. The molecule has 0 radical (unpaired) electrons. The highest BCUT2D eigenvalue weighted by atomic mass is 16.5. The van der Waals surface area contributed by atoms with Crippen molar-refractivity contribution < 1.29 is 4.74 Å². The minimum absolute atomic E-state index is 0.512. The van der Waals surface area contributed by atoms with Gasteiger partial charge in [-0.3, -0.25) is 0 Å². The molecular weight excluding hydrogens is 230 g/mol. The Morgan fingerprint density at radius 3 is 2.61 bits per heavy atom. The Bertz CT molecular complexity index is 390. The largest absolute Gasteiger partial charge is 0.378 e. The Balaban J connectivity index is 2.17. The van der Waals surface area contributed by atoms with Crippen molar-refractivity contribution in [3.8, 4) is 0 Å². The standard InChI is InChI=1S/C12H21N5O/c1-13-11-8-10(9-18-3)14-12(15-11)17-6-4-16(2)5-7-17/h8H,4-7,9H2,1-3H3,(H,13,14,15). The smallest absolute Gasteiger partial charge is 0.227 e. The molecule has 2 heterocycles. The second-order valence-corrected chi connectivity index (χ2v) is 4.52. The van der Waals surface area contributed by atoms with Crippen molar-refractivity contribution >= 4 is 11.8 Å². The fourth-order valence-electron chi connectivity index (χ4n) is 1.98. The summed E-state index contributed by atoms with van der Waals surface area (Å²) in [6.45, 7) is 4.55. The second-order valence-electron chi connectivity index (χ2n) is 4.52. The number of hydrogen-bond donors (Lipinski definition) is 1. The Morgan fingerprint density at radius 2 is 2.00 bits per heavy atom. The van der Waals surface area contributed by atoms with Crippen LogP contribution in [0.25, 0.3) is 0 Å². The van der Waals surface area contributed by atoms with E-state index in [0.29, 0.717) is 6.61 Å². The summed E-state index contributed by atoms with van der Waals surface area (Å²) >= 11 is 0. The molecule has 0 amide bonds. The highest BCUT2D eigenvalue weighted by Crippen LogP contribution is 2.15. The first-order valence-electron chi connectivity index (χ1n) is 6.21. The number of methoxy groups -OCH3 is 1. The molecule has 0 aliphatic carbocycles. The van der Waals surface area contributed by atoms with Gasteiger partial charge in [0, 0.05) is 46.4 Å². The van der Waals surface area contributed by atoms with Gasteiger partial charge in [0.2, 0.25) is 5.95 Å². The van der Waals surface area contributed by atoms with E-state index in [4.69, 9.17) is 4.74 Å². The summed E-state index contributed by atoms with van der Waals surface area (Å²) in [6, 6.07) is 1.92. The molecule has 1 aromatic heterocycles. The van der Waals surface area contributed by atoms with Crippen LogP contribution >= 0.6 is 0 Å². The summed E-state index contributed by atoms with van der Waals surface area (Å²) in [6.07, 6.45) is 0. The minimum atomic E-state index is 0.512. The van der Waals surface area contributed by atoms with Gasteiger partial charge in [-0.2, -0.15) is 4.98 Å². The third-order valence-corrected chi connectivity index (χ3v) is 3.10. The van der Waals surface area contributed by atoms with Crippen LogP contribution in [-0.2, 0) is 11.3 Å². The second kappa shape index (κ2) is 5.97. The molecule has 6 nitrogen and oxygen atoms in total. The van der Waals surface area contributed by atoms with Crippen molar-refractivity contribution in [2.45, 2.75) is 6.61 Å². The highest BCUT2D eigenvalue weighted by Gasteiger charge is 2.17. The van der Waals surface area contributed by atoms with Gasteiger partial charge >= 0.3 is 0 Å². The first kappa shape index (κ1) is 13.0. The molecule has 1 aliphatic heterocycles. The molecule has 0 unspecified atom stereocenters.